The second kappa shape index (κ2) is 7.66. The Labute approximate surface area is 163 Å². The number of aryl methyl sites for hydroxylation is 1. The van der Waals surface area contributed by atoms with Crippen LogP contribution in [0.5, 0.6) is 11.5 Å². The molecule has 1 fully saturated rings. The van der Waals surface area contributed by atoms with Gasteiger partial charge in [-0.3, -0.25) is 4.90 Å². The van der Waals surface area contributed by atoms with E-state index in [-0.39, 0.29) is 6.03 Å². The van der Waals surface area contributed by atoms with E-state index < -0.39 is 0 Å². The first-order valence-corrected chi connectivity index (χ1v) is 9.39. The van der Waals surface area contributed by atoms with Gasteiger partial charge in [-0.1, -0.05) is 23.7 Å². The first-order chi connectivity index (χ1) is 13.1. The summed E-state index contributed by atoms with van der Waals surface area (Å²) < 4.78 is 10.8. The second-order valence-corrected chi connectivity index (χ2v) is 7.25. The summed E-state index contributed by atoms with van der Waals surface area (Å²) >= 11 is 6.13. The van der Waals surface area contributed by atoms with Crippen LogP contribution in [0.4, 0.5) is 10.5 Å². The van der Waals surface area contributed by atoms with Crippen molar-refractivity contribution in [2.45, 2.75) is 13.5 Å². The fraction of sp³-hybridized carbons (Fsp3) is 0.350. The average molecular weight is 388 g/mol. The fourth-order valence-corrected chi connectivity index (χ4v) is 3.46. The number of rotatable bonds is 3. The zero-order valence-corrected chi connectivity index (χ0v) is 16.0. The number of hydrogen-bond acceptors (Lipinski definition) is 4. The number of nitrogens with one attached hydrogen (secondary N) is 1. The van der Waals surface area contributed by atoms with Crippen LogP contribution in [0.15, 0.2) is 36.4 Å². The Kier molecular flexibility index (Phi) is 5.09. The Hall–Kier alpha value is -2.44. The van der Waals surface area contributed by atoms with Crippen LogP contribution < -0.4 is 14.8 Å². The van der Waals surface area contributed by atoms with Gasteiger partial charge in [0.25, 0.3) is 0 Å². The number of amides is 2. The average Bonchev–Trinajstić information content (AvgIpc) is 3.13. The van der Waals surface area contributed by atoms with Crippen molar-refractivity contribution in [3.8, 4) is 11.5 Å². The molecule has 1 saturated heterocycles. The number of halogens is 1. The topological polar surface area (TPSA) is 54.0 Å². The molecule has 2 amide bonds. The molecule has 0 spiro atoms. The van der Waals surface area contributed by atoms with Crippen molar-refractivity contribution >= 4 is 23.3 Å². The SMILES string of the molecule is Cc1ccc(NC(=O)N2CCN(Cc3ccc4c(c3)OCO4)CC2)cc1Cl. The van der Waals surface area contributed by atoms with Crippen molar-refractivity contribution < 1.29 is 14.3 Å². The summed E-state index contributed by atoms with van der Waals surface area (Å²) in [7, 11) is 0. The third-order valence-corrected chi connectivity index (χ3v) is 5.33. The van der Waals surface area contributed by atoms with Crippen LogP contribution in [0.2, 0.25) is 5.02 Å². The molecular formula is C20H22ClN3O3. The van der Waals surface area contributed by atoms with Gasteiger partial charge >= 0.3 is 6.03 Å². The van der Waals surface area contributed by atoms with Crippen LogP contribution in [0.25, 0.3) is 0 Å². The lowest BCUT2D eigenvalue weighted by atomic mass is 10.1. The normalized spacial score (nSPS) is 16.4. The summed E-state index contributed by atoms with van der Waals surface area (Å²) in [6, 6.07) is 11.5. The molecule has 4 rings (SSSR count). The molecular weight excluding hydrogens is 366 g/mol. The lowest BCUT2D eigenvalue weighted by Crippen LogP contribution is -2.49. The van der Waals surface area contributed by atoms with Crippen LogP contribution in [0, 0.1) is 6.92 Å². The summed E-state index contributed by atoms with van der Waals surface area (Å²) in [5.74, 6) is 1.61. The van der Waals surface area contributed by atoms with Gasteiger partial charge in [-0.25, -0.2) is 4.79 Å². The van der Waals surface area contributed by atoms with E-state index in [1.165, 1.54) is 5.56 Å². The molecule has 2 aliphatic heterocycles. The number of carbonyl (C=O) groups excluding carboxylic acids is 1. The molecule has 0 unspecified atom stereocenters. The van der Waals surface area contributed by atoms with Crippen LogP contribution in [-0.2, 0) is 6.54 Å². The Balaban J connectivity index is 1.29. The van der Waals surface area contributed by atoms with Crippen molar-refractivity contribution in [3.05, 3.63) is 52.5 Å². The van der Waals surface area contributed by atoms with E-state index in [2.05, 4.69) is 16.3 Å². The molecule has 27 heavy (non-hydrogen) atoms. The maximum atomic E-state index is 12.5. The molecule has 0 radical (unpaired) electrons. The second-order valence-electron chi connectivity index (χ2n) is 6.84. The Morgan fingerprint density at radius 3 is 2.63 bits per heavy atom. The zero-order chi connectivity index (χ0) is 18.8. The van der Waals surface area contributed by atoms with Crippen molar-refractivity contribution in [2.24, 2.45) is 0 Å². The van der Waals surface area contributed by atoms with E-state index in [1.54, 1.807) is 6.07 Å². The Morgan fingerprint density at radius 1 is 1.07 bits per heavy atom. The number of piperazine rings is 1. The predicted molar refractivity (Wildman–Crippen MR) is 105 cm³/mol. The van der Waals surface area contributed by atoms with Gasteiger partial charge in [0.2, 0.25) is 6.79 Å². The molecule has 2 aliphatic rings. The summed E-state index contributed by atoms with van der Waals surface area (Å²) in [5.41, 5.74) is 2.90. The van der Waals surface area contributed by atoms with Gasteiger partial charge in [-0.15, -0.1) is 0 Å². The van der Waals surface area contributed by atoms with E-state index in [4.69, 9.17) is 21.1 Å². The minimum atomic E-state index is -0.0855. The molecule has 2 aromatic carbocycles. The molecule has 0 bridgehead atoms. The number of carbonyl (C=O) groups is 1. The molecule has 0 aliphatic carbocycles. The summed E-state index contributed by atoms with van der Waals surface area (Å²) in [6.45, 7) is 6.10. The predicted octanol–water partition coefficient (Wildman–Crippen LogP) is 3.73. The maximum absolute atomic E-state index is 12.5. The van der Waals surface area contributed by atoms with Crippen LogP contribution in [-0.4, -0.2) is 48.8 Å². The maximum Gasteiger partial charge on any atom is 0.321 e. The minimum absolute atomic E-state index is 0.0855. The molecule has 0 saturated carbocycles. The number of anilines is 1. The lowest BCUT2D eigenvalue weighted by molar-refractivity contribution is 0.143. The lowest BCUT2D eigenvalue weighted by Gasteiger charge is -2.34. The van der Waals surface area contributed by atoms with Gasteiger partial charge < -0.3 is 19.7 Å². The van der Waals surface area contributed by atoms with E-state index in [9.17, 15) is 4.79 Å². The van der Waals surface area contributed by atoms with Gasteiger partial charge in [0.15, 0.2) is 11.5 Å². The van der Waals surface area contributed by atoms with E-state index >= 15 is 0 Å². The van der Waals surface area contributed by atoms with Crippen molar-refractivity contribution in [1.82, 2.24) is 9.80 Å². The van der Waals surface area contributed by atoms with Gasteiger partial charge in [-0.2, -0.15) is 0 Å². The Bertz CT molecular complexity index is 850. The monoisotopic (exact) mass is 387 g/mol. The number of fused-ring (bicyclic) bond motifs is 1. The number of hydrogen-bond donors (Lipinski definition) is 1. The molecule has 6 nitrogen and oxygen atoms in total. The number of benzene rings is 2. The molecule has 2 heterocycles. The first kappa shape index (κ1) is 17.9. The highest BCUT2D eigenvalue weighted by Gasteiger charge is 2.22. The van der Waals surface area contributed by atoms with E-state index in [0.29, 0.717) is 24.9 Å². The molecule has 1 N–H and O–H groups in total. The fourth-order valence-electron chi connectivity index (χ4n) is 3.28. The number of ether oxygens (including phenoxy) is 2. The third kappa shape index (κ3) is 4.12. The smallest absolute Gasteiger partial charge is 0.321 e. The van der Waals surface area contributed by atoms with Crippen molar-refractivity contribution in [3.63, 3.8) is 0 Å². The summed E-state index contributed by atoms with van der Waals surface area (Å²) in [4.78, 5) is 16.7. The van der Waals surface area contributed by atoms with Crippen LogP contribution in [0.1, 0.15) is 11.1 Å². The third-order valence-electron chi connectivity index (χ3n) is 4.93. The highest BCUT2D eigenvalue weighted by atomic mass is 35.5. The molecule has 7 heteroatoms. The highest BCUT2D eigenvalue weighted by molar-refractivity contribution is 6.31. The van der Waals surface area contributed by atoms with Gasteiger partial charge in [0.05, 0.1) is 0 Å². The number of nitrogens with zero attached hydrogens (tertiary/aromatic N) is 2. The standard InChI is InChI=1S/C20H22ClN3O3/c1-14-2-4-16(11-17(14)21)22-20(25)24-8-6-23(7-9-24)12-15-3-5-18-19(10-15)27-13-26-18/h2-5,10-11H,6-9,12-13H2,1H3,(H,22,25). The van der Waals surface area contributed by atoms with E-state index in [1.807, 2.05) is 36.1 Å². The van der Waals surface area contributed by atoms with Crippen LogP contribution >= 0.6 is 11.6 Å². The first-order valence-electron chi connectivity index (χ1n) is 9.01. The summed E-state index contributed by atoms with van der Waals surface area (Å²) in [5, 5.41) is 3.58. The molecule has 2 aromatic rings. The summed E-state index contributed by atoms with van der Waals surface area (Å²) in [6.07, 6.45) is 0. The minimum Gasteiger partial charge on any atom is -0.454 e. The van der Waals surface area contributed by atoms with E-state index in [0.717, 1.165) is 42.4 Å². The van der Waals surface area contributed by atoms with Crippen molar-refractivity contribution in [2.75, 3.05) is 38.3 Å². The zero-order valence-electron chi connectivity index (χ0n) is 15.2. The highest BCUT2D eigenvalue weighted by Crippen LogP contribution is 2.32. The van der Waals surface area contributed by atoms with Gasteiger partial charge in [0.1, 0.15) is 0 Å². The van der Waals surface area contributed by atoms with Crippen molar-refractivity contribution in [1.29, 1.82) is 0 Å². The Morgan fingerprint density at radius 2 is 1.85 bits per heavy atom. The largest absolute Gasteiger partial charge is 0.454 e. The number of urea groups is 1. The molecule has 142 valence electrons. The molecule has 0 atom stereocenters. The molecule has 0 aromatic heterocycles. The van der Waals surface area contributed by atoms with Gasteiger partial charge in [-0.05, 0) is 42.3 Å². The van der Waals surface area contributed by atoms with Crippen LogP contribution in [0.3, 0.4) is 0 Å². The van der Waals surface area contributed by atoms with Gasteiger partial charge in [0, 0.05) is 43.4 Å². The quantitative estimate of drug-likeness (QED) is 0.871.